The molecule has 0 fully saturated rings. The molecule has 0 saturated carbocycles. The minimum Gasteiger partial charge on any atom is -0.366 e. The molecule has 0 unspecified atom stereocenters. The van der Waals surface area contributed by atoms with E-state index in [0.717, 1.165) is 0 Å². The molecule has 2 rings (SSSR count). The van der Waals surface area contributed by atoms with Crippen LogP contribution in [0.2, 0.25) is 0 Å². The highest BCUT2D eigenvalue weighted by molar-refractivity contribution is 5.92. The highest BCUT2D eigenvalue weighted by Gasteiger charge is 2.05. The van der Waals surface area contributed by atoms with E-state index >= 15 is 0 Å². The van der Waals surface area contributed by atoms with Crippen LogP contribution in [0.25, 0.3) is 5.95 Å². The van der Waals surface area contributed by atoms with Gasteiger partial charge in [-0.05, 0) is 6.07 Å². The predicted molar refractivity (Wildman–Crippen MR) is 47.7 cm³/mol. The zero-order valence-electron chi connectivity index (χ0n) is 7.16. The number of hydrogen-bond donors (Lipinski definition) is 1. The molecule has 70 valence electrons. The van der Waals surface area contributed by atoms with Crippen LogP contribution >= 0.6 is 0 Å². The maximum absolute atomic E-state index is 10.8. The highest BCUT2D eigenvalue weighted by Crippen LogP contribution is 2.00. The van der Waals surface area contributed by atoms with Crippen molar-refractivity contribution in [2.75, 3.05) is 0 Å². The van der Waals surface area contributed by atoms with E-state index in [1.807, 2.05) is 0 Å². The topological polar surface area (TPSA) is 86.7 Å². The molecule has 0 saturated heterocycles. The average Bonchev–Trinajstić information content (AvgIpc) is 2.68. The minimum absolute atomic E-state index is 0.331. The van der Waals surface area contributed by atoms with Crippen molar-refractivity contribution < 1.29 is 4.79 Å². The molecule has 2 heterocycles. The molecule has 14 heavy (non-hydrogen) atoms. The molecule has 2 aromatic heterocycles. The lowest BCUT2D eigenvalue weighted by Crippen LogP contribution is -2.09. The monoisotopic (exact) mass is 189 g/mol. The van der Waals surface area contributed by atoms with Crippen LogP contribution in [0.5, 0.6) is 0 Å². The first-order valence-electron chi connectivity index (χ1n) is 3.89. The fourth-order valence-corrected chi connectivity index (χ4v) is 0.969. The Morgan fingerprint density at radius 2 is 2.07 bits per heavy atom. The summed E-state index contributed by atoms with van der Waals surface area (Å²) in [6, 6.07) is 1.70. The number of nitrogens with two attached hydrogens (primary N) is 1. The predicted octanol–water partition coefficient (Wildman–Crippen LogP) is -0.239. The van der Waals surface area contributed by atoms with Gasteiger partial charge in [-0.2, -0.15) is 5.10 Å². The lowest BCUT2D eigenvalue weighted by atomic mass is 10.4. The normalized spacial score (nSPS) is 10.0. The van der Waals surface area contributed by atoms with Gasteiger partial charge >= 0.3 is 0 Å². The molecule has 2 N–H and O–H groups in total. The third kappa shape index (κ3) is 1.45. The quantitative estimate of drug-likeness (QED) is 0.706. The molecule has 0 aliphatic rings. The van der Waals surface area contributed by atoms with E-state index in [-0.39, 0.29) is 0 Å². The van der Waals surface area contributed by atoms with Crippen LogP contribution < -0.4 is 5.73 Å². The van der Waals surface area contributed by atoms with E-state index in [1.165, 1.54) is 17.1 Å². The lowest BCUT2D eigenvalue weighted by molar-refractivity contribution is 0.100. The summed E-state index contributed by atoms with van der Waals surface area (Å²) in [5.74, 6) is -0.118. The second kappa shape index (κ2) is 3.25. The van der Waals surface area contributed by atoms with Gasteiger partial charge in [0.15, 0.2) is 0 Å². The van der Waals surface area contributed by atoms with Crippen LogP contribution in [0.1, 0.15) is 10.4 Å². The molecule has 0 bridgehead atoms. The summed E-state index contributed by atoms with van der Waals surface area (Å²) in [5, 5.41) is 3.90. The number of primary amides is 1. The standard InChI is InChI=1S/C8H7N5O/c9-7(14)6-4-12-13(5-6)8-10-2-1-3-11-8/h1-5H,(H2,9,14). The van der Waals surface area contributed by atoms with E-state index in [0.29, 0.717) is 11.5 Å². The molecule has 0 aromatic carbocycles. The number of hydrogen-bond acceptors (Lipinski definition) is 4. The van der Waals surface area contributed by atoms with Crippen LogP contribution in [-0.2, 0) is 0 Å². The molecular weight excluding hydrogens is 182 g/mol. The molecule has 0 spiro atoms. The van der Waals surface area contributed by atoms with Crippen molar-refractivity contribution in [1.29, 1.82) is 0 Å². The van der Waals surface area contributed by atoms with Crippen LogP contribution in [0.3, 0.4) is 0 Å². The molecular formula is C8H7N5O. The average molecular weight is 189 g/mol. The van der Waals surface area contributed by atoms with Gasteiger partial charge in [-0.1, -0.05) is 0 Å². The Balaban J connectivity index is 2.39. The Morgan fingerprint density at radius 1 is 1.36 bits per heavy atom. The van der Waals surface area contributed by atoms with Gasteiger partial charge in [0, 0.05) is 18.6 Å². The smallest absolute Gasteiger partial charge is 0.251 e. The fourth-order valence-electron chi connectivity index (χ4n) is 0.969. The van der Waals surface area contributed by atoms with Crippen molar-refractivity contribution in [3.8, 4) is 5.95 Å². The van der Waals surface area contributed by atoms with Gasteiger partial charge in [0.1, 0.15) is 0 Å². The Hall–Kier alpha value is -2.24. The first-order valence-corrected chi connectivity index (χ1v) is 3.89. The van der Waals surface area contributed by atoms with Crippen molar-refractivity contribution in [1.82, 2.24) is 19.7 Å². The van der Waals surface area contributed by atoms with Gasteiger partial charge in [-0.25, -0.2) is 14.6 Å². The summed E-state index contributed by atoms with van der Waals surface area (Å²) in [7, 11) is 0. The molecule has 6 nitrogen and oxygen atoms in total. The Kier molecular flexibility index (Phi) is 1.94. The van der Waals surface area contributed by atoms with E-state index in [4.69, 9.17) is 5.73 Å². The summed E-state index contributed by atoms with van der Waals surface area (Å²) in [6.45, 7) is 0. The van der Waals surface area contributed by atoms with Crippen molar-refractivity contribution in [3.63, 3.8) is 0 Å². The maximum Gasteiger partial charge on any atom is 0.251 e. The maximum atomic E-state index is 10.8. The number of rotatable bonds is 2. The first-order chi connectivity index (χ1) is 6.77. The van der Waals surface area contributed by atoms with E-state index in [2.05, 4.69) is 15.1 Å². The Morgan fingerprint density at radius 3 is 2.64 bits per heavy atom. The molecule has 0 atom stereocenters. The van der Waals surface area contributed by atoms with Crippen molar-refractivity contribution in [2.45, 2.75) is 0 Å². The van der Waals surface area contributed by atoms with Gasteiger partial charge in [0.05, 0.1) is 11.8 Å². The molecule has 2 aromatic rings. The zero-order chi connectivity index (χ0) is 9.97. The molecule has 6 heteroatoms. The van der Waals surface area contributed by atoms with E-state index < -0.39 is 5.91 Å². The minimum atomic E-state index is -0.521. The van der Waals surface area contributed by atoms with Gasteiger partial charge in [0.2, 0.25) is 5.95 Å². The molecule has 0 radical (unpaired) electrons. The van der Waals surface area contributed by atoms with Gasteiger partial charge < -0.3 is 5.73 Å². The highest BCUT2D eigenvalue weighted by atomic mass is 16.1. The zero-order valence-corrected chi connectivity index (χ0v) is 7.16. The van der Waals surface area contributed by atoms with Crippen LogP contribution in [-0.4, -0.2) is 25.7 Å². The molecule has 0 aliphatic carbocycles. The lowest BCUT2D eigenvalue weighted by Gasteiger charge is -1.95. The number of amides is 1. The van der Waals surface area contributed by atoms with E-state index in [9.17, 15) is 4.79 Å². The van der Waals surface area contributed by atoms with Crippen LogP contribution in [0, 0.1) is 0 Å². The van der Waals surface area contributed by atoms with E-state index in [1.54, 1.807) is 18.5 Å². The number of carbonyl (C=O) groups is 1. The summed E-state index contributed by atoms with van der Waals surface area (Å²) in [5.41, 5.74) is 5.40. The molecule has 1 amide bonds. The van der Waals surface area contributed by atoms with Gasteiger partial charge in [-0.15, -0.1) is 0 Å². The first kappa shape index (κ1) is 8.36. The second-order valence-corrected chi connectivity index (χ2v) is 2.59. The van der Waals surface area contributed by atoms with Gasteiger partial charge in [0.25, 0.3) is 5.91 Å². The number of nitrogens with zero attached hydrogens (tertiary/aromatic N) is 4. The molecule has 0 aliphatic heterocycles. The number of carbonyl (C=O) groups excluding carboxylic acids is 1. The third-order valence-corrected chi connectivity index (χ3v) is 1.62. The van der Waals surface area contributed by atoms with Crippen LogP contribution in [0.4, 0.5) is 0 Å². The Bertz CT molecular complexity index is 450. The summed E-state index contributed by atoms with van der Waals surface area (Å²) in [4.78, 5) is 18.7. The second-order valence-electron chi connectivity index (χ2n) is 2.59. The van der Waals surface area contributed by atoms with Crippen molar-refractivity contribution in [2.24, 2.45) is 5.73 Å². The van der Waals surface area contributed by atoms with Gasteiger partial charge in [-0.3, -0.25) is 4.79 Å². The third-order valence-electron chi connectivity index (χ3n) is 1.62. The largest absolute Gasteiger partial charge is 0.366 e. The van der Waals surface area contributed by atoms with Crippen molar-refractivity contribution in [3.05, 3.63) is 36.4 Å². The number of aromatic nitrogens is 4. The Labute approximate surface area is 79.4 Å². The fraction of sp³-hybridized carbons (Fsp3) is 0. The van der Waals surface area contributed by atoms with Crippen molar-refractivity contribution >= 4 is 5.91 Å². The summed E-state index contributed by atoms with van der Waals surface area (Å²) in [6.07, 6.45) is 6.04. The summed E-state index contributed by atoms with van der Waals surface area (Å²) < 4.78 is 1.39. The summed E-state index contributed by atoms with van der Waals surface area (Å²) >= 11 is 0. The van der Waals surface area contributed by atoms with Crippen LogP contribution in [0.15, 0.2) is 30.9 Å². The SMILES string of the molecule is NC(=O)c1cnn(-c2ncccn2)c1.